The standard InChI is InChI=1S/C22H23ClFN3O3/c1-22(2)12-27(14-3-4-15(23)16(24)11-14)18-6-5-17(25-19(18)22)20(28)26-9-7-13(8-10-26)21(29)30/h3-6,11,13H,7-10,12H2,1-2H3,(H,29,30). The van der Waals surface area contributed by atoms with Crippen LogP contribution in [0.5, 0.6) is 0 Å². The first-order chi connectivity index (χ1) is 14.2. The summed E-state index contributed by atoms with van der Waals surface area (Å²) in [6, 6.07) is 8.23. The number of amides is 1. The van der Waals surface area contributed by atoms with Crippen molar-refractivity contribution in [2.45, 2.75) is 32.1 Å². The Labute approximate surface area is 179 Å². The van der Waals surface area contributed by atoms with Gasteiger partial charge in [0.05, 0.1) is 22.3 Å². The molecule has 0 spiro atoms. The van der Waals surface area contributed by atoms with Crippen molar-refractivity contribution in [3.8, 4) is 0 Å². The van der Waals surface area contributed by atoms with Crippen molar-refractivity contribution in [1.82, 2.24) is 9.88 Å². The van der Waals surface area contributed by atoms with E-state index < -0.39 is 17.7 Å². The highest BCUT2D eigenvalue weighted by Crippen LogP contribution is 2.43. The number of benzene rings is 1. The minimum atomic E-state index is -0.807. The Kier molecular flexibility index (Phi) is 5.18. The molecule has 4 rings (SSSR count). The van der Waals surface area contributed by atoms with Crippen LogP contribution in [0.4, 0.5) is 15.8 Å². The van der Waals surface area contributed by atoms with Gasteiger partial charge in [0.2, 0.25) is 0 Å². The highest BCUT2D eigenvalue weighted by molar-refractivity contribution is 6.30. The van der Waals surface area contributed by atoms with Crippen molar-refractivity contribution in [2.75, 3.05) is 24.5 Å². The van der Waals surface area contributed by atoms with E-state index in [1.54, 1.807) is 17.0 Å². The van der Waals surface area contributed by atoms with Crippen LogP contribution in [-0.4, -0.2) is 46.5 Å². The van der Waals surface area contributed by atoms with Crippen molar-refractivity contribution in [3.05, 3.63) is 52.6 Å². The van der Waals surface area contributed by atoms with Gasteiger partial charge in [-0.15, -0.1) is 0 Å². The molecule has 0 bridgehead atoms. The molecule has 0 aliphatic carbocycles. The summed E-state index contributed by atoms with van der Waals surface area (Å²) >= 11 is 5.82. The topological polar surface area (TPSA) is 73.7 Å². The fourth-order valence-corrected chi connectivity index (χ4v) is 4.33. The summed E-state index contributed by atoms with van der Waals surface area (Å²) in [7, 11) is 0. The Balaban J connectivity index is 1.60. The SMILES string of the molecule is CC1(C)CN(c2ccc(Cl)c(F)c2)c2ccc(C(=O)N3CCC(C(=O)O)CC3)nc21. The first kappa shape index (κ1) is 20.6. The third-order valence-corrected chi connectivity index (χ3v) is 6.23. The highest BCUT2D eigenvalue weighted by atomic mass is 35.5. The zero-order valence-electron chi connectivity index (χ0n) is 16.9. The maximum absolute atomic E-state index is 14.0. The predicted molar refractivity (Wildman–Crippen MR) is 112 cm³/mol. The van der Waals surface area contributed by atoms with Crippen LogP contribution in [0.1, 0.15) is 42.9 Å². The van der Waals surface area contributed by atoms with Gasteiger partial charge in [0.15, 0.2) is 0 Å². The minimum absolute atomic E-state index is 0.0724. The molecule has 8 heteroatoms. The number of hydrogen-bond acceptors (Lipinski definition) is 4. The van der Waals surface area contributed by atoms with Gasteiger partial charge in [-0.2, -0.15) is 0 Å². The van der Waals surface area contributed by atoms with E-state index >= 15 is 0 Å². The molecule has 2 aliphatic heterocycles. The number of fused-ring (bicyclic) bond motifs is 1. The molecule has 0 saturated carbocycles. The normalized spacial score (nSPS) is 18.4. The van der Waals surface area contributed by atoms with E-state index in [1.807, 2.05) is 24.8 Å². The number of anilines is 2. The van der Waals surface area contributed by atoms with Crippen molar-refractivity contribution in [1.29, 1.82) is 0 Å². The Morgan fingerprint density at radius 2 is 1.90 bits per heavy atom. The number of carbonyl (C=O) groups is 2. The second kappa shape index (κ2) is 7.54. The summed E-state index contributed by atoms with van der Waals surface area (Å²) in [5.74, 6) is -1.87. The molecule has 0 atom stereocenters. The molecule has 1 fully saturated rings. The van der Waals surface area contributed by atoms with Crippen molar-refractivity contribution < 1.29 is 19.1 Å². The summed E-state index contributed by atoms with van der Waals surface area (Å²) in [4.78, 5) is 32.4. The van der Waals surface area contributed by atoms with Crippen molar-refractivity contribution >= 4 is 34.9 Å². The van der Waals surface area contributed by atoms with E-state index in [9.17, 15) is 14.0 Å². The lowest BCUT2D eigenvalue weighted by atomic mass is 9.91. The third kappa shape index (κ3) is 3.62. The van der Waals surface area contributed by atoms with E-state index in [0.717, 1.165) is 11.4 Å². The summed E-state index contributed by atoms with van der Waals surface area (Å²) in [6.45, 7) is 5.50. The van der Waals surface area contributed by atoms with Gasteiger partial charge in [-0.1, -0.05) is 25.4 Å². The van der Waals surface area contributed by atoms with E-state index in [-0.39, 0.29) is 16.3 Å². The number of halogens is 2. The number of carbonyl (C=O) groups excluding carboxylic acids is 1. The number of pyridine rings is 1. The van der Waals surface area contributed by atoms with Gasteiger partial charge in [-0.3, -0.25) is 9.59 Å². The second-order valence-electron chi connectivity index (χ2n) is 8.54. The second-order valence-corrected chi connectivity index (χ2v) is 8.94. The van der Waals surface area contributed by atoms with Gasteiger partial charge < -0.3 is 14.9 Å². The largest absolute Gasteiger partial charge is 0.481 e. The van der Waals surface area contributed by atoms with E-state index in [2.05, 4.69) is 4.98 Å². The number of aliphatic carboxylic acids is 1. The molecule has 30 heavy (non-hydrogen) atoms. The maximum atomic E-state index is 14.0. The summed E-state index contributed by atoms with van der Waals surface area (Å²) in [5.41, 5.74) is 2.31. The number of carboxylic acids is 1. The van der Waals surface area contributed by atoms with Crippen LogP contribution in [0.3, 0.4) is 0 Å². The quantitative estimate of drug-likeness (QED) is 0.786. The fourth-order valence-electron chi connectivity index (χ4n) is 4.22. The van der Waals surface area contributed by atoms with E-state index in [0.29, 0.717) is 43.9 Å². The zero-order valence-corrected chi connectivity index (χ0v) is 17.6. The first-order valence-electron chi connectivity index (χ1n) is 9.93. The highest BCUT2D eigenvalue weighted by Gasteiger charge is 2.38. The predicted octanol–water partition coefficient (Wildman–Crippen LogP) is 4.24. The van der Waals surface area contributed by atoms with Crippen LogP contribution in [0.15, 0.2) is 30.3 Å². The lowest BCUT2D eigenvalue weighted by molar-refractivity contribution is -0.143. The number of piperidine rings is 1. The average Bonchev–Trinajstić information content (AvgIpc) is 3.00. The first-order valence-corrected chi connectivity index (χ1v) is 10.3. The van der Waals surface area contributed by atoms with Crippen molar-refractivity contribution in [2.24, 2.45) is 5.92 Å². The maximum Gasteiger partial charge on any atom is 0.306 e. The fraction of sp³-hybridized carbons (Fsp3) is 0.409. The monoisotopic (exact) mass is 431 g/mol. The molecule has 1 aromatic carbocycles. The van der Waals surface area contributed by atoms with Gasteiger partial charge in [-0.25, -0.2) is 9.37 Å². The molecular weight excluding hydrogens is 409 g/mol. The Hall–Kier alpha value is -2.67. The van der Waals surface area contributed by atoms with E-state index in [4.69, 9.17) is 16.7 Å². The molecule has 1 saturated heterocycles. The van der Waals surface area contributed by atoms with Gasteiger partial charge in [0.25, 0.3) is 5.91 Å². The van der Waals surface area contributed by atoms with Crippen LogP contribution in [0, 0.1) is 11.7 Å². The average molecular weight is 432 g/mol. The molecule has 158 valence electrons. The van der Waals surface area contributed by atoms with Crippen LogP contribution >= 0.6 is 11.6 Å². The Bertz CT molecular complexity index is 1020. The van der Waals surface area contributed by atoms with Gasteiger partial charge in [0.1, 0.15) is 11.5 Å². The van der Waals surface area contributed by atoms with Crippen LogP contribution < -0.4 is 4.90 Å². The summed E-state index contributed by atoms with van der Waals surface area (Å²) in [6.07, 6.45) is 0.904. The Morgan fingerprint density at radius 3 is 2.53 bits per heavy atom. The molecule has 6 nitrogen and oxygen atoms in total. The van der Waals surface area contributed by atoms with Crippen LogP contribution in [0.25, 0.3) is 0 Å². The molecular formula is C22H23ClFN3O3. The Morgan fingerprint density at radius 1 is 1.20 bits per heavy atom. The van der Waals surface area contributed by atoms with Gasteiger partial charge in [-0.05, 0) is 43.2 Å². The van der Waals surface area contributed by atoms with Crippen LogP contribution in [-0.2, 0) is 10.2 Å². The molecule has 2 aromatic rings. The number of rotatable bonds is 3. The van der Waals surface area contributed by atoms with Crippen molar-refractivity contribution in [3.63, 3.8) is 0 Å². The molecule has 2 aliphatic rings. The smallest absolute Gasteiger partial charge is 0.306 e. The van der Waals surface area contributed by atoms with Crippen LogP contribution in [0.2, 0.25) is 5.02 Å². The van der Waals surface area contributed by atoms with Gasteiger partial charge >= 0.3 is 5.97 Å². The number of aromatic nitrogens is 1. The third-order valence-electron chi connectivity index (χ3n) is 5.92. The van der Waals surface area contributed by atoms with Gasteiger partial charge in [0, 0.05) is 30.7 Å². The molecule has 1 N–H and O–H groups in total. The molecule has 3 heterocycles. The summed E-state index contributed by atoms with van der Waals surface area (Å²) in [5, 5.41) is 9.22. The molecule has 1 aromatic heterocycles. The number of carboxylic acid groups (broad SMARTS) is 1. The summed E-state index contributed by atoms with van der Waals surface area (Å²) < 4.78 is 14.0. The number of hydrogen-bond donors (Lipinski definition) is 1. The number of likely N-dealkylation sites (tertiary alicyclic amines) is 1. The van der Waals surface area contributed by atoms with E-state index in [1.165, 1.54) is 12.1 Å². The molecule has 0 unspecified atom stereocenters. The number of nitrogens with zero attached hydrogens (tertiary/aromatic N) is 3. The zero-order chi connectivity index (χ0) is 21.6. The lowest BCUT2D eigenvalue weighted by Crippen LogP contribution is -2.40. The molecule has 0 radical (unpaired) electrons. The lowest BCUT2D eigenvalue weighted by Gasteiger charge is -2.30. The minimum Gasteiger partial charge on any atom is -0.481 e. The molecule has 1 amide bonds.